The molecule has 2 heterocycles. The summed E-state index contributed by atoms with van der Waals surface area (Å²) in [5.41, 5.74) is 7.17. The third-order valence-corrected chi connectivity index (χ3v) is 3.59. The number of hydrogen-bond donors (Lipinski definition) is 2. The number of carbonyl (C=O) groups is 1. The summed E-state index contributed by atoms with van der Waals surface area (Å²) in [5.74, 6) is 0. The highest BCUT2D eigenvalue weighted by atomic mass is 16.5. The van der Waals surface area contributed by atoms with Gasteiger partial charge in [0.15, 0.2) is 0 Å². The molecule has 0 radical (unpaired) electrons. The van der Waals surface area contributed by atoms with Gasteiger partial charge in [0, 0.05) is 25.3 Å². The molecule has 0 aromatic carbocycles. The van der Waals surface area contributed by atoms with Crippen LogP contribution in [0, 0.1) is 0 Å². The molecule has 2 rings (SSSR count). The summed E-state index contributed by atoms with van der Waals surface area (Å²) in [7, 11) is 0. The molecule has 1 unspecified atom stereocenters. The first-order chi connectivity index (χ1) is 9.72. The number of nitrogens with zero attached hydrogens (tertiary/aromatic N) is 2. The van der Waals surface area contributed by atoms with Crippen molar-refractivity contribution in [2.24, 2.45) is 5.73 Å². The van der Waals surface area contributed by atoms with E-state index in [1.165, 1.54) is 0 Å². The molecule has 1 aliphatic heterocycles. The van der Waals surface area contributed by atoms with Gasteiger partial charge in [0.25, 0.3) is 0 Å². The highest BCUT2D eigenvalue weighted by Gasteiger charge is 2.23. The van der Waals surface area contributed by atoms with Gasteiger partial charge in [-0.1, -0.05) is 13.0 Å². The standard InChI is InChI=1S/C14H22N4O2/c1-2-13(18-6-8-20-9-7-18)11-4-3-5-16-12(11)10-17-14(15)19/h3-5,13H,2,6-10H2,1H3,(H3,15,17,19). The molecule has 110 valence electrons. The largest absolute Gasteiger partial charge is 0.379 e. The van der Waals surface area contributed by atoms with Gasteiger partial charge in [-0.15, -0.1) is 0 Å². The van der Waals surface area contributed by atoms with Crippen LogP contribution in [-0.2, 0) is 11.3 Å². The molecule has 0 saturated carbocycles. The maximum atomic E-state index is 10.9. The quantitative estimate of drug-likeness (QED) is 0.843. The van der Waals surface area contributed by atoms with Gasteiger partial charge in [0.2, 0.25) is 0 Å². The molecule has 1 fully saturated rings. The number of nitrogens with one attached hydrogen (secondary N) is 1. The normalized spacial score (nSPS) is 17.6. The molecule has 1 aromatic rings. The molecule has 0 aliphatic carbocycles. The fraction of sp³-hybridized carbons (Fsp3) is 0.571. The third kappa shape index (κ3) is 3.68. The van der Waals surface area contributed by atoms with Crippen molar-refractivity contribution in [2.45, 2.75) is 25.9 Å². The van der Waals surface area contributed by atoms with Gasteiger partial charge < -0.3 is 15.8 Å². The predicted octanol–water partition coefficient (Wildman–Crippen LogP) is 1.03. The lowest BCUT2D eigenvalue weighted by molar-refractivity contribution is 0.0149. The van der Waals surface area contributed by atoms with E-state index in [1.807, 2.05) is 6.07 Å². The van der Waals surface area contributed by atoms with Crippen LogP contribution in [0.25, 0.3) is 0 Å². The van der Waals surface area contributed by atoms with Crippen molar-refractivity contribution < 1.29 is 9.53 Å². The lowest BCUT2D eigenvalue weighted by Gasteiger charge is -2.34. The number of morpholine rings is 1. The van der Waals surface area contributed by atoms with Crippen LogP contribution in [0.5, 0.6) is 0 Å². The summed E-state index contributed by atoms with van der Waals surface area (Å²) in [5, 5.41) is 2.62. The number of primary amides is 1. The van der Waals surface area contributed by atoms with Gasteiger partial charge in [-0.3, -0.25) is 9.88 Å². The SMILES string of the molecule is CCC(c1cccnc1CNC(N)=O)N1CCOCC1. The molecular weight excluding hydrogens is 256 g/mol. The summed E-state index contributed by atoms with van der Waals surface area (Å²) in [6.45, 7) is 5.92. The summed E-state index contributed by atoms with van der Waals surface area (Å²) in [6.07, 6.45) is 2.74. The van der Waals surface area contributed by atoms with Crippen molar-refractivity contribution in [3.8, 4) is 0 Å². The minimum absolute atomic E-state index is 0.303. The molecule has 6 nitrogen and oxygen atoms in total. The summed E-state index contributed by atoms with van der Waals surface area (Å²) < 4.78 is 5.41. The second-order valence-electron chi connectivity index (χ2n) is 4.83. The Morgan fingerprint density at radius 1 is 1.55 bits per heavy atom. The van der Waals surface area contributed by atoms with Crippen LogP contribution in [-0.4, -0.2) is 42.2 Å². The minimum Gasteiger partial charge on any atom is -0.379 e. The van der Waals surface area contributed by atoms with Crippen molar-refractivity contribution in [3.05, 3.63) is 29.6 Å². The maximum absolute atomic E-state index is 10.9. The summed E-state index contributed by atoms with van der Waals surface area (Å²) in [4.78, 5) is 17.7. The van der Waals surface area contributed by atoms with E-state index in [9.17, 15) is 4.79 Å². The van der Waals surface area contributed by atoms with Gasteiger partial charge in [0.05, 0.1) is 25.5 Å². The molecule has 1 saturated heterocycles. The molecule has 1 aromatic heterocycles. The first-order valence-electron chi connectivity index (χ1n) is 7.01. The molecule has 2 amide bonds. The summed E-state index contributed by atoms with van der Waals surface area (Å²) >= 11 is 0. The van der Waals surface area contributed by atoms with Gasteiger partial charge in [0.1, 0.15) is 0 Å². The van der Waals surface area contributed by atoms with Crippen LogP contribution in [0.15, 0.2) is 18.3 Å². The fourth-order valence-corrected chi connectivity index (χ4v) is 2.64. The number of pyridine rings is 1. The fourth-order valence-electron chi connectivity index (χ4n) is 2.64. The molecule has 20 heavy (non-hydrogen) atoms. The first-order valence-corrected chi connectivity index (χ1v) is 7.01. The number of aromatic nitrogens is 1. The Balaban J connectivity index is 2.17. The van der Waals surface area contributed by atoms with Crippen molar-refractivity contribution >= 4 is 6.03 Å². The highest BCUT2D eigenvalue weighted by molar-refractivity contribution is 5.71. The van der Waals surface area contributed by atoms with Gasteiger partial charge in [-0.25, -0.2) is 4.79 Å². The minimum atomic E-state index is -0.527. The highest BCUT2D eigenvalue weighted by Crippen LogP contribution is 2.26. The molecule has 3 N–H and O–H groups in total. The van der Waals surface area contributed by atoms with E-state index < -0.39 is 6.03 Å². The van der Waals surface area contributed by atoms with E-state index in [2.05, 4.69) is 28.2 Å². The Morgan fingerprint density at radius 3 is 2.95 bits per heavy atom. The van der Waals surface area contributed by atoms with Crippen LogP contribution in [0.4, 0.5) is 4.79 Å². The third-order valence-electron chi connectivity index (χ3n) is 3.59. The molecule has 6 heteroatoms. The van der Waals surface area contributed by atoms with E-state index in [0.717, 1.165) is 44.0 Å². The van der Waals surface area contributed by atoms with Crippen molar-refractivity contribution in [3.63, 3.8) is 0 Å². The topological polar surface area (TPSA) is 80.5 Å². The lowest BCUT2D eigenvalue weighted by Crippen LogP contribution is -2.39. The summed E-state index contributed by atoms with van der Waals surface area (Å²) in [6, 6.07) is 3.79. The number of rotatable bonds is 5. The zero-order valence-electron chi connectivity index (χ0n) is 11.8. The Bertz CT molecular complexity index is 447. The number of carbonyl (C=O) groups excluding carboxylic acids is 1. The average molecular weight is 278 g/mol. The molecule has 0 bridgehead atoms. The van der Waals surface area contributed by atoms with Crippen molar-refractivity contribution in [2.75, 3.05) is 26.3 Å². The monoisotopic (exact) mass is 278 g/mol. The number of amides is 2. The van der Waals surface area contributed by atoms with Crippen molar-refractivity contribution in [1.82, 2.24) is 15.2 Å². The number of hydrogen-bond acceptors (Lipinski definition) is 4. The van der Waals surface area contributed by atoms with E-state index >= 15 is 0 Å². The number of nitrogens with two attached hydrogens (primary N) is 1. The van der Waals surface area contributed by atoms with Gasteiger partial charge in [-0.2, -0.15) is 0 Å². The number of urea groups is 1. The maximum Gasteiger partial charge on any atom is 0.312 e. The van der Waals surface area contributed by atoms with Crippen LogP contribution < -0.4 is 11.1 Å². The molecule has 0 spiro atoms. The van der Waals surface area contributed by atoms with E-state index in [0.29, 0.717) is 12.6 Å². The van der Waals surface area contributed by atoms with Crippen LogP contribution in [0.3, 0.4) is 0 Å². The van der Waals surface area contributed by atoms with E-state index in [1.54, 1.807) is 6.20 Å². The van der Waals surface area contributed by atoms with Crippen LogP contribution in [0.1, 0.15) is 30.6 Å². The molecule has 1 atom stereocenters. The van der Waals surface area contributed by atoms with Gasteiger partial charge >= 0.3 is 6.03 Å². The van der Waals surface area contributed by atoms with Crippen LogP contribution in [0.2, 0.25) is 0 Å². The average Bonchev–Trinajstić information content (AvgIpc) is 2.48. The zero-order chi connectivity index (χ0) is 14.4. The Morgan fingerprint density at radius 2 is 2.30 bits per heavy atom. The van der Waals surface area contributed by atoms with E-state index in [4.69, 9.17) is 10.5 Å². The van der Waals surface area contributed by atoms with Crippen LogP contribution >= 0.6 is 0 Å². The van der Waals surface area contributed by atoms with E-state index in [-0.39, 0.29) is 0 Å². The predicted molar refractivity (Wildman–Crippen MR) is 76.1 cm³/mol. The first kappa shape index (κ1) is 14.7. The smallest absolute Gasteiger partial charge is 0.312 e. The molecular formula is C14H22N4O2. The van der Waals surface area contributed by atoms with Crippen molar-refractivity contribution in [1.29, 1.82) is 0 Å². The van der Waals surface area contributed by atoms with Gasteiger partial charge in [-0.05, 0) is 18.1 Å². The Labute approximate surface area is 119 Å². The Kier molecular flexibility index (Phi) is 5.31. The second kappa shape index (κ2) is 7.21. The molecule has 1 aliphatic rings. The second-order valence-corrected chi connectivity index (χ2v) is 4.83. The lowest BCUT2D eigenvalue weighted by atomic mass is 10.0. The zero-order valence-corrected chi connectivity index (χ0v) is 11.8. The number of ether oxygens (including phenoxy) is 1. The Hall–Kier alpha value is -1.66.